The number of rotatable bonds is 5. The summed E-state index contributed by atoms with van der Waals surface area (Å²) in [6, 6.07) is 0.451. The predicted molar refractivity (Wildman–Crippen MR) is 132 cm³/mol. The van der Waals surface area contributed by atoms with Crippen molar-refractivity contribution in [3.8, 4) is 0 Å². The van der Waals surface area contributed by atoms with E-state index in [-0.39, 0.29) is 25.0 Å². The molecule has 2 aliphatic rings. The highest BCUT2D eigenvalue weighted by atomic mass is 32.1. The minimum absolute atomic E-state index is 0.150. The molecule has 11 nitrogen and oxygen atoms in total. The molecule has 190 valence electrons. The number of nitrogens with one attached hydrogen (secondary N) is 2. The molecule has 2 saturated heterocycles. The maximum absolute atomic E-state index is 14.8. The van der Waals surface area contributed by atoms with Gasteiger partial charge < -0.3 is 19.4 Å². The Morgan fingerprint density at radius 1 is 1.20 bits per heavy atom. The summed E-state index contributed by atoms with van der Waals surface area (Å²) in [5, 5.41) is 7.56. The maximum atomic E-state index is 14.8. The van der Waals surface area contributed by atoms with Crippen molar-refractivity contribution in [1.29, 1.82) is 0 Å². The van der Waals surface area contributed by atoms with Crippen molar-refractivity contribution >= 4 is 40.4 Å². The Morgan fingerprint density at radius 2 is 2.03 bits per heavy atom. The van der Waals surface area contributed by atoms with Gasteiger partial charge in [-0.1, -0.05) is 6.92 Å². The fourth-order valence-electron chi connectivity index (χ4n) is 4.41. The molecule has 4 atom stereocenters. The van der Waals surface area contributed by atoms with Gasteiger partial charge in [-0.05, 0) is 26.0 Å². The Balaban J connectivity index is 1.36. The molecule has 2 aliphatic heterocycles. The molecule has 0 spiro atoms. The smallest absolute Gasteiger partial charge is 0.413 e. The summed E-state index contributed by atoms with van der Waals surface area (Å²) in [4.78, 5) is 43.2. The molecule has 3 amide bonds. The van der Waals surface area contributed by atoms with Crippen molar-refractivity contribution in [2.45, 2.75) is 38.1 Å². The van der Waals surface area contributed by atoms with Crippen LogP contribution in [0.15, 0.2) is 23.8 Å². The van der Waals surface area contributed by atoms with E-state index in [2.05, 4.69) is 44.5 Å². The summed E-state index contributed by atoms with van der Waals surface area (Å²) >= 11 is 1.29. The van der Waals surface area contributed by atoms with Crippen molar-refractivity contribution in [2.75, 3.05) is 55.8 Å². The third kappa shape index (κ3) is 6.34. The number of carbonyl (C=O) groups is 2. The van der Waals surface area contributed by atoms with Gasteiger partial charge in [0.2, 0.25) is 5.95 Å². The first kappa shape index (κ1) is 25.0. The van der Waals surface area contributed by atoms with Gasteiger partial charge in [0, 0.05) is 56.9 Å². The van der Waals surface area contributed by atoms with E-state index in [4.69, 9.17) is 4.74 Å². The number of nitrogens with zero attached hydrogens (tertiary/aromatic N) is 6. The lowest BCUT2D eigenvalue weighted by molar-refractivity contribution is 0.0284. The molecular weight excluding hydrogens is 475 g/mol. The molecule has 2 N–H and O–H groups in total. The lowest BCUT2D eigenvalue weighted by Crippen LogP contribution is -2.55. The van der Waals surface area contributed by atoms with Gasteiger partial charge in [-0.15, -0.1) is 11.3 Å². The van der Waals surface area contributed by atoms with Crippen LogP contribution in [0.4, 0.5) is 30.9 Å². The normalized spacial score (nSPS) is 25.1. The van der Waals surface area contributed by atoms with Crippen LogP contribution < -0.4 is 15.5 Å². The number of anilines is 3. The summed E-state index contributed by atoms with van der Waals surface area (Å²) in [5.74, 6) is 0.889. The molecule has 0 saturated carbocycles. The third-order valence-electron chi connectivity index (χ3n) is 6.41. The number of thiazole rings is 1. The van der Waals surface area contributed by atoms with E-state index in [1.54, 1.807) is 24.7 Å². The zero-order chi connectivity index (χ0) is 24.9. The highest BCUT2D eigenvalue weighted by molar-refractivity contribution is 7.13. The number of aromatic nitrogens is 3. The Hall–Kier alpha value is -3.06. The number of likely N-dealkylation sites (N-methyl/N-ethyl adjacent to an activating group) is 1. The van der Waals surface area contributed by atoms with Gasteiger partial charge >= 0.3 is 12.1 Å². The molecule has 4 rings (SSSR count). The maximum Gasteiger partial charge on any atom is 0.413 e. The summed E-state index contributed by atoms with van der Waals surface area (Å²) in [6.45, 7) is 4.42. The Morgan fingerprint density at radius 3 is 2.77 bits per heavy atom. The van der Waals surface area contributed by atoms with Crippen LogP contribution >= 0.6 is 11.3 Å². The summed E-state index contributed by atoms with van der Waals surface area (Å²) in [6.07, 6.45) is 2.22. The second-order valence-corrected chi connectivity index (χ2v) is 9.93. The molecule has 0 aliphatic carbocycles. The Labute approximate surface area is 207 Å². The number of hydrogen-bond acceptors (Lipinski definition) is 9. The average Bonchev–Trinajstić information content (AvgIpc) is 3.34. The van der Waals surface area contributed by atoms with Gasteiger partial charge in [0.05, 0.1) is 6.04 Å². The molecule has 2 aromatic rings. The van der Waals surface area contributed by atoms with E-state index in [0.29, 0.717) is 23.4 Å². The van der Waals surface area contributed by atoms with Crippen LogP contribution in [0, 0.1) is 5.92 Å². The fourth-order valence-corrected chi connectivity index (χ4v) is 4.93. The second kappa shape index (κ2) is 11.1. The third-order valence-corrected chi connectivity index (χ3v) is 7.10. The number of carbonyl (C=O) groups excluding carboxylic acids is 2. The van der Waals surface area contributed by atoms with Gasteiger partial charge in [-0.25, -0.2) is 23.9 Å². The highest BCUT2D eigenvalue weighted by Gasteiger charge is 2.35. The molecule has 2 fully saturated rings. The molecule has 0 unspecified atom stereocenters. The number of ether oxygens (including phenoxy) is 1. The van der Waals surface area contributed by atoms with Gasteiger partial charge in [-0.3, -0.25) is 10.6 Å². The summed E-state index contributed by atoms with van der Waals surface area (Å²) < 4.78 is 20.4. The van der Waals surface area contributed by atoms with Crippen LogP contribution in [-0.2, 0) is 4.74 Å². The molecule has 0 radical (unpaired) electrons. The lowest BCUT2D eigenvalue weighted by atomic mass is 9.97. The zero-order valence-corrected chi connectivity index (χ0v) is 20.9. The first-order valence-electron chi connectivity index (χ1n) is 11.6. The number of amides is 3. The minimum atomic E-state index is -1.19. The van der Waals surface area contributed by atoms with Crippen LogP contribution in [-0.4, -0.2) is 95.5 Å². The monoisotopic (exact) mass is 506 g/mol. The summed E-state index contributed by atoms with van der Waals surface area (Å²) in [5.41, 5.74) is 0. The van der Waals surface area contributed by atoms with Crippen molar-refractivity contribution in [3.63, 3.8) is 0 Å². The number of urea groups is 1. The molecular formula is C22H31FN8O3S. The summed E-state index contributed by atoms with van der Waals surface area (Å²) in [7, 11) is 3.61. The van der Waals surface area contributed by atoms with Gasteiger partial charge in [-0.2, -0.15) is 4.98 Å². The van der Waals surface area contributed by atoms with Crippen LogP contribution in [0.3, 0.4) is 0 Å². The first-order chi connectivity index (χ1) is 16.8. The zero-order valence-electron chi connectivity index (χ0n) is 20.1. The number of alkyl halides is 1. The SMILES string of the molecule is C[C@H]1CN(C)CC[C@@H]1OC(=O)Nc1ccnc(N2CC[C@@H](F)[C@@H](N(C)C(=O)Nc3nccs3)C2)n1. The molecule has 0 bridgehead atoms. The molecule has 13 heteroatoms. The standard InChI is InChI=1S/C22H31FN8O3S/c1-14-12-29(2)9-6-17(14)34-22(33)27-18-4-7-24-19(26-18)31-10-5-15(23)16(13-31)30(3)21(32)28-20-25-8-11-35-20/h4,7-8,11,14-17H,5-6,9-10,12-13H2,1-3H3,(H,25,28,32)(H,24,26,27,33)/t14-,15+,16-,17-/m0/s1. The van der Waals surface area contributed by atoms with Gasteiger partial charge in [0.1, 0.15) is 18.1 Å². The van der Waals surface area contributed by atoms with Crippen LogP contribution in [0.5, 0.6) is 0 Å². The highest BCUT2D eigenvalue weighted by Crippen LogP contribution is 2.24. The van der Waals surface area contributed by atoms with Crippen molar-refractivity contribution < 1.29 is 18.7 Å². The van der Waals surface area contributed by atoms with Gasteiger partial charge in [0.15, 0.2) is 5.13 Å². The van der Waals surface area contributed by atoms with E-state index in [0.717, 1.165) is 19.5 Å². The largest absolute Gasteiger partial charge is 0.446 e. The van der Waals surface area contributed by atoms with Crippen LogP contribution in [0.25, 0.3) is 0 Å². The number of hydrogen-bond donors (Lipinski definition) is 2. The van der Waals surface area contributed by atoms with Crippen molar-refractivity contribution in [3.05, 3.63) is 23.8 Å². The minimum Gasteiger partial charge on any atom is -0.446 e. The van der Waals surface area contributed by atoms with Crippen molar-refractivity contribution in [1.82, 2.24) is 24.8 Å². The van der Waals surface area contributed by atoms with Crippen LogP contribution in [0.2, 0.25) is 0 Å². The number of halogens is 1. The fraction of sp³-hybridized carbons (Fsp3) is 0.591. The van der Waals surface area contributed by atoms with E-state index >= 15 is 0 Å². The van der Waals surface area contributed by atoms with Crippen LogP contribution in [0.1, 0.15) is 19.8 Å². The average molecular weight is 507 g/mol. The Kier molecular flexibility index (Phi) is 7.96. The predicted octanol–water partition coefficient (Wildman–Crippen LogP) is 2.90. The van der Waals surface area contributed by atoms with E-state index in [9.17, 15) is 14.0 Å². The quantitative estimate of drug-likeness (QED) is 0.636. The van der Waals surface area contributed by atoms with E-state index in [1.807, 2.05) is 4.90 Å². The second-order valence-electron chi connectivity index (χ2n) is 9.04. The molecule has 0 aromatic carbocycles. The number of likely N-dealkylation sites (tertiary alicyclic amines) is 1. The first-order valence-corrected chi connectivity index (χ1v) is 12.5. The van der Waals surface area contributed by atoms with Crippen molar-refractivity contribution in [2.24, 2.45) is 5.92 Å². The topological polar surface area (TPSA) is 116 Å². The van der Waals surface area contributed by atoms with E-state index < -0.39 is 24.3 Å². The molecule has 35 heavy (non-hydrogen) atoms. The molecule has 2 aromatic heterocycles. The van der Waals surface area contributed by atoms with Gasteiger partial charge in [0.25, 0.3) is 0 Å². The Bertz CT molecular complexity index is 1010. The molecule has 4 heterocycles. The lowest BCUT2D eigenvalue weighted by Gasteiger charge is -2.39. The number of piperidine rings is 2. The van der Waals surface area contributed by atoms with E-state index in [1.165, 1.54) is 22.4 Å².